The second kappa shape index (κ2) is 14.0. The van der Waals surface area contributed by atoms with Crippen LogP contribution in [-0.2, 0) is 10.3 Å². The number of benzene rings is 1. The SMILES string of the molecule is CNCC(CC1CCCC1)NC(=O)N1CCC[C@@H]([C@@](O)(CCCCOC)c2cccc(Cl)c2Cl)C1. The first-order valence-electron chi connectivity index (χ1n) is 13.2. The van der Waals surface area contributed by atoms with Gasteiger partial charge in [-0.25, -0.2) is 4.79 Å². The number of nitrogens with one attached hydrogen (secondary N) is 2. The molecule has 1 unspecified atom stereocenters. The Morgan fingerprint density at radius 3 is 2.71 bits per heavy atom. The van der Waals surface area contributed by atoms with E-state index in [1.165, 1.54) is 25.7 Å². The highest BCUT2D eigenvalue weighted by Gasteiger charge is 2.42. The Morgan fingerprint density at radius 2 is 2.00 bits per heavy atom. The predicted molar refractivity (Wildman–Crippen MR) is 143 cm³/mol. The van der Waals surface area contributed by atoms with Gasteiger partial charge in [-0.3, -0.25) is 0 Å². The molecule has 0 radical (unpaired) electrons. The Balaban J connectivity index is 1.73. The average Bonchev–Trinajstić information content (AvgIpc) is 3.36. The van der Waals surface area contributed by atoms with Gasteiger partial charge >= 0.3 is 6.03 Å². The number of hydrogen-bond acceptors (Lipinski definition) is 4. The highest BCUT2D eigenvalue weighted by molar-refractivity contribution is 6.42. The summed E-state index contributed by atoms with van der Waals surface area (Å²) in [6.45, 7) is 2.60. The maximum Gasteiger partial charge on any atom is 0.317 e. The summed E-state index contributed by atoms with van der Waals surface area (Å²) in [5.41, 5.74) is -0.506. The fourth-order valence-corrected chi connectivity index (χ4v) is 6.41. The molecule has 1 heterocycles. The third-order valence-electron chi connectivity index (χ3n) is 7.83. The molecule has 3 rings (SSSR count). The van der Waals surface area contributed by atoms with Crippen LogP contribution in [0, 0.1) is 11.8 Å². The normalized spacial score (nSPS) is 21.6. The maximum atomic E-state index is 13.3. The van der Waals surface area contributed by atoms with Crippen LogP contribution in [0.1, 0.15) is 69.8 Å². The van der Waals surface area contributed by atoms with Gasteiger partial charge in [-0.15, -0.1) is 0 Å². The highest BCUT2D eigenvalue weighted by Crippen LogP contribution is 2.44. The number of methoxy groups -OCH3 is 1. The molecule has 1 saturated heterocycles. The number of likely N-dealkylation sites (N-methyl/N-ethyl adjacent to an activating group) is 1. The molecule has 1 aliphatic heterocycles. The zero-order valence-electron chi connectivity index (χ0n) is 21.3. The van der Waals surface area contributed by atoms with E-state index in [1.807, 2.05) is 24.1 Å². The highest BCUT2D eigenvalue weighted by atomic mass is 35.5. The first-order valence-corrected chi connectivity index (χ1v) is 14.0. The Hall–Kier alpha value is -1.05. The van der Waals surface area contributed by atoms with Gasteiger partial charge in [0, 0.05) is 50.9 Å². The number of hydrogen-bond donors (Lipinski definition) is 3. The number of nitrogens with zero attached hydrogens (tertiary/aromatic N) is 1. The number of carbonyl (C=O) groups is 1. The fourth-order valence-electron chi connectivity index (χ4n) is 5.94. The topological polar surface area (TPSA) is 73.8 Å². The van der Waals surface area contributed by atoms with E-state index < -0.39 is 5.60 Å². The van der Waals surface area contributed by atoms with Crippen LogP contribution in [0.3, 0.4) is 0 Å². The van der Waals surface area contributed by atoms with Crippen LogP contribution in [0.25, 0.3) is 0 Å². The Labute approximate surface area is 221 Å². The summed E-state index contributed by atoms with van der Waals surface area (Å²) >= 11 is 12.9. The molecule has 1 aromatic carbocycles. The lowest BCUT2D eigenvalue weighted by Crippen LogP contribution is -2.54. The van der Waals surface area contributed by atoms with Gasteiger partial charge < -0.3 is 25.4 Å². The molecular formula is C27H43Cl2N3O3. The van der Waals surface area contributed by atoms with E-state index in [2.05, 4.69) is 10.6 Å². The Kier molecular flexibility index (Phi) is 11.4. The molecule has 198 valence electrons. The maximum absolute atomic E-state index is 13.3. The number of rotatable bonds is 12. The molecule has 1 aliphatic carbocycles. The van der Waals surface area contributed by atoms with Crippen LogP contribution in [0.4, 0.5) is 4.79 Å². The van der Waals surface area contributed by atoms with Crippen molar-refractivity contribution in [1.29, 1.82) is 0 Å². The quantitative estimate of drug-likeness (QED) is 0.310. The molecule has 35 heavy (non-hydrogen) atoms. The number of piperidine rings is 1. The number of likely N-dealkylation sites (tertiary alicyclic amines) is 1. The van der Waals surface area contributed by atoms with E-state index in [9.17, 15) is 9.90 Å². The summed E-state index contributed by atoms with van der Waals surface area (Å²) < 4.78 is 5.21. The third kappa shape index (κ3) is 7.72. The minimum Gasteiger partial charge on any atom is -0.385 e. The lowest BCUT2D eigenvalue weighted by Gasteiger charge is -2.43. The largest absolute Gasteiger partial charge is 0.385 e. The fraction of sp³-hybridized carbons (Fsp3) is 0.741. The lowest BCUT2D eigenvalue weighted by atomic mass is 9.74. The van der Waals surface area contributed by atoms with Crippen molar-refractivity contribution in [2.45, 2.75) is 75.9 Å². The average molecular weight is 529 g/mol. The summed E-state index contributed by atoms with van der Waals surface area (Å²) in [4.78, 5) is 15.2. The van der Waals surface area contributed by atoms with Gasteiger partial charge in [0.15, 0.2) is 0 Å². The Bertz CT molecular complexity index is 806. The molecule has 3 N–H and O–H groups in total. The van der Waals surface area contributed by atoms with Crippen LogP contribution in [0.5, 0.6) is 0 Å². The molecule has 0 aromatic heterocycles. The van der Waals surface area contributed by atoms with Crippen LogP contribution < -0.4 is 10.6 Å². The van der Waals surface area contributed by atoms with Crippen LogP contribution >= 0.6 is 23.2 Å². The number of aliphatic hydroxyl groups is 1. The van der Waals surface area contributed by atoms with Gasteiger partial charge in [-0.05, 0) is 57.6 Å². The van der Waals surface area contributed by atoms with Crippen molar-refractivity contribution >= 4 is 29.2 Å². The van der Waals surface area contributed by atoms with Crippen molar-refractivity contribution in [2.24, 2.45) is 11.8 Å². The first kappa shape index (κ1) is 28.5. The van der Waals surface area contributed by atoms with Gasteiger partial charge in [0.25, 0.3) is 0 Å². The van der Waals surface area contributed by atoms with Gasteiger partial charge in [-0.2, -0.15) is 0 Å². The number of unbranched alkanes of at least 4 members (excludes halogenated alkanes) is 1. The van der Waals surface area contributed by atoms with E-state index in [0.717, 1.165) is 38.6 Å². The summed E-state index contributed by atoms with van der Waals surface area (Å²) in [7, 11) is 3.62. The smallest absolute Gasteiger partial charge is 0.317 e. The Morgan fingerprint density at radius 1 is 1.23 bits per heavy atom. The van der Waals surface area contributed by atoms with Crippen LogP contribution in [0.2, 0.25) is 10.0 Å². The minimum atomic E-state index is -1.16. The zero-order chi connectivity index (χ0) is 25.3. The second-order valence-electron chi connectivity index (χ2n) is 10.4. The van der Waals surface area contributed by atoms with Gasteiger partial charge in [0.05, 0.1) is 15.6 Å². The molecule has 2 fully saturated rings. The number of ether oxygens (including phenoxy) is 1. The molecule has 0 bridgehead atoms. The van der Waals surface area contributed by atoms with Gasteiger partial charge in [-0.1, -0.05) is 61.0 Å². The standard InChI is InChI=1S/C27H43Cl2N3O3/c1-30-18-22(17-20-9-3-4-10-20)31-26(33)32-15-8-11-21(19-32)27(34,14-5-6-16-35-2)23-12-7-13-24(28)25(23)29/h7,12-13,20-22,30,34H,3-6,8-11,14-19H2,1-2H3,(H,31,33)/t21-,22?,27+/m1/s1. The van der Waals surface area contributed by atoms with Crippen molar-refractivity contribution in [2.75, 3.05) is 40.4 Å². The number of carbonyl (C=O) groups excluding carboxylic acids is 1. The molecule has 1 saturated carbocycles. The third-order valence-corrected chi connectivity index (χ3v) is 8.65. The summed E-state index contributed by atoms with van der Waals surface area (Å²) in [6.07, 6.45) is 10.00. The molecule has 2 aliphatic rings. The first-order chi connectivity index (χ1) is 16.9. The van der Waals surface area contributed by atoms with Crippen molar-refractivity contribution in [3.8, 4) is 0 Å². The van der Waals surface area contributed by atoms with Gasteiger partial charge in [0.2, 0.25) is 0 Å². The number of amides is 2. The molecular weight excluding hydrogens is 485 g/mol. The summed E-state index contributed by atoms with van der Waals surface area (Å²) in [6, 6.07) is 5.53. The van der Waals surface area contributed by atoms with E-state index in [4.69, 9.17) is 27.9 Å². The minimum absolute atomic E-state index is 0.0353. The number of urea groups is 1. The van der Waals surface area contributed by atoms with E-state index in [1.54, 1.807) is 13.2 Å². The summed E-state index contributed by atoms with van der Waals surface area (Å²) in [5, 5.41) is 19.5. The lowest BCUT2D eigenvalue weighted by molar-refractivity contribution is -0.0563. The molecule has 3 atom stereocenters. The van der Waals surface area contributed by atoms with Crippen LogP contribution in [-0.4, -0.2) is 62.5 Å². The molecule has 6 nitrogen and oxygen atoms in total. The van der Waals surface area contributed by atoms with Crippen LogP contribution in [0.15, 0.2) is 18.2 Å². The molecule has 8 heteroatoms. The van der Waals surface area contributed by atoms with E-state index in [-0.39, 0.29) is 18.0 Å². The molecule has 0 spiro atoms. The second-order valence-corrected chi connectivity index (χ2v) is 11.1. The van der Waals surface area contributed by atoms with Crippen molar-refractivity contribution < 1.29 is 14.6 Å². The van der Waals surface area contributed by atoms with E-state index >= 15 is 0 Å². The van der Waals surface area contributed by atoms with E-state index in [0.29, 0.717) is 47.6 Å². The van der Waals surface area contributed by atoms with Crippen molar-refractivity contribution in [1.82, 2.24) is 15.5 Å². The van der Waals surface area contributed by atoms with Gasteiger partial charge in [0.1, 0.15) is 0 Å². The van der Waals surface area contributed by atoms with Crippen molar-refractivity contribution in [3.63, 3.8) is 0 Å². The zero-order valence-corrected chi connectivity index (χ0v) is 22.8. The predicted octanol–water partition coefficient (Wildman–Crippen LogP) is 5.59. The number of halogens is 2. The van der Waals surface area contributed by atoms with Crippen molar-refractivity contribution in [3.05, 3.63) is 33.8 Å². The summed E-state index contributed by atoms with van der Waals surface area (Å²) in [5.74, 6) is 0.572. The molecule has 1 aromatic rings. The monoisotopic (exact) mass is 527 g/mol. The molecule has 2 amide bonds.